The van der Waals surface area contributed by atoms with Crippen LogP contribution in [0.1, 0.15) is 37.6 Å². The smallest absolute Gasteiger partial charge is 0.223 e. The Hall–Kier alpha value is -2.40. The van der Waals surface area contributed by atoms with E-state index < -0.39 is 5.82 Å². The normalized spacial score (nSPS) is 11.4. The molecule has 0 atom stereocenters. The molecule has 1 heterocycles. The Morgan fingerprint density at radius 1 is 1.00 bits per heavy atom. The van der Waals surface area contributed by atoms with Crippen LogP contribution in [0.2, 0.25) is 0 Å². The molecule has 0 amide bonds. The number of benzene rings is 2. The van der Waals surface area contributed by atoms with Gasteiger partial charge < -0.3 is 4.74 Å². The highest BCUT2D eigenvalue weighted by molar-refractivity contribution is 7.98. The number of rotatable bonds is 5. The van der Waals surface area contributed by atoms with Gasteiger partial charge >= 0.3 is 0 Å². The maximum Gasteiger partial charge on any atom is 0.223 e. The van der Waals surface area contributed by atoms with Gasteiger partial charge in [-0.1, -0.05) is 68.9 Å². The minimum Gasteiger partial charge on any atom is -0.436 e. The molecule has 0 aliphatic rings. The molecule has 0 radical (unpaired) electrons. The molecule has 0 bridgehead atoms. The molecule has 0 spiro atoms. The lowest BCUT2D eigenvalue weighted by Gasteiger charge is -2.19. The van der Waals surface area contributed by atoms with Crippen LogP contribution in [0.5, 0.6) is 11.6 Å². The standard InChI is InChI=1S/C22H23FN2OS/c1-15-13-20(26-19-8-6-5-7-18(19)23)25-21(24-15)27-14-16-9-11-17(12-10-16)22(2,3)4/h5-13H,14H2,1-4H3. The van der Waals surface area contributed by atoms with Gasteiger partial charge in [0.15, 0.2) is 16.7 Å². The highest BCUT2D eigenvalue weighted by Crippen LogP contribution is 2.27. The topological polar surface area (TPSA) is 35.0 Å². The fourth-order valence-electron chi connectivity index (χ4n) is 2.52. The molecule has 3 nitrogen and oxygen atoms in total. The van der Waals surface area contributed by atoms with Crippen LogP contribution in [0, 0.1) is 12.7 Å². The Morgan fingerprint density at radius 3 is 2.37 bits per heavy atom. The summed E-state index contributed by atoms with van der Waals surface area (Å²) in [6, 6.07) is 16.6. The summed E-state index contributed by atoms with van der Waals surface area (Å²) >= 11 is 1.53. The van der Waals surface area contributed by atoms with Crippen LogP contribution in [0.4, 0.5) is 4.39 Å². The maximum absolute atomic E-state index is 13.8. The summed E-state index contributed by atoms with van der Waals surface area (Å²) in [6.07, 6.45) is 0. The molecule has 5 heteroatoms. The van der Waals surface area contributed by atoms with E-state index in [9.17, 15) is 4.39 Å². The molecule has 27 heavy (non-hydrogen) atoms. The molecule has 1 aromatic heterocycles. The Bertz CT molecular complexity index is 920. The lowest BCUT2D eigenvalue weighted by molar-refractivity contribution is 0.421. The quantitative estimate of drug-likeness (QED) is 0.383. The molecular formula is C22H23FN2OS. The Kier molecular flexibility index (Phi) is 5.80. The SMILES string of the molecule is Cc1cc(Oc2ccccc2F)nc(SCc2ccc(C(C)(C)C)cc2)n1. The number of halogens is 1. The van der Waals surface area contributed by atoms with Crippen molar-refractivity contribution in [2.45, 2.75) is 44.0 Å². The van der Waals surface area contributed by atoms with E-state index in [1.807, 2.05) is 6.92 Å². The van der Waals surface area contributed by atoms with E-state index in [1.54, 1.807) is 24.3 Å². The second kappa shape index (κ2) is 8.09. The molecule has 140 valence electrons. The average molecular weight is 383 g/mol. The zero-order chi connectivity index (χ0) is 19.4. The van der Waals surface area contributed by atoms with Crippen LogP contribution in [-0.2, 0) is 11.2 Å². The number of thioether (sulfide) groups is 1. The summed E-state index contributed by atoms with van der Waals surface area (Å²) in [5.41, 5.74) is 3.44. The fourth-order valence-corrected chi connectivity index (χ4v) is 3.37. The molecule has 3 rings (SSSR count). The predicted molar refractivity (Wildman–Crippen MR) is 108 cm³/mol. The van der Waals surface area contributed by atoms with Crippen molar-refractivity contribution < 1.29 is 9.13 Å². The zero-order valence-corrected chi connectivity index (χ0v) is 16.8. The lowest BCUT2D eigenvalue weighted by Crippen LogP contribution is -2.10. The van der Waals surface area contributed by atoms with Gasteiger partial charge in [-0.25, -0.2) is 9.37 Å². The Morgan fingerprint density at radius 2 is 1.70 bits per heavy atom. The van der Waals surface area contributed by atoms with Crippen molar-refractivity contribution in [3.8, 4) is 11.6 Å². The van der Waals surface area contributed by atoms with Gasteiger partial charge in [0, 0.05) is 17.5 Å². The van der Waals surface area contributed by atoms with Crippen LogP contribution in [0.15, 0.2) is 59.8 Å². The van der Waals surface area contributed by atoms with Gasteiger partial charge in [-0.15, -0.1) is 0 Å². The van der Waals surface area contributed by atoms with Gasteiger partial charge in [0.2, 0.25) is 5.88 Å². The number of ether oxygens (including phenoxy) is 1. The number of hydrogen-bond acceptors (Lipinski definition) is 4. The number of hydrogen-bond donors (Lipinski definition) is 0. The van der Waals surface area contributed by atoms with Crippen molar-refractivity contribution in [2.75, 3.05) is 0 Å². The molecular weight excluding hydrogens is 359 g/mol. The zero-order valence-electron chi connectivity index (χ0n) is 16.0. The maximum atomic E-state index is 13.8. The van der Waals surface area contributed by atoms with Crippen molar-refractivity contribution in [1.82, 2.24) is 9.97 Å². The molecule has 0 aliphatic carbocycles. The van der Waals surface area contributed by atoms with Crippen molar-refractivity contribution in [1.29, 1.82) is 0 Å². The summed E-state index contributed by atoms with van der Waals surface area (Å²) < 4.78 is 19.4. The highest BCUT2D eigenvalue weighted by Gasteiger charge is 2.13. The van der Waals surface area contributed by atoms with Gasteiger partial charge in [-0.05, 0) is 35.6 Å². The first-order chi connectivity index (χ1) is 12.8. The average Bonchev–Trinajstić information content (AvgIpc) is 2.61. The van der Waals surface area contributed by atoms with Crippen molar-refractivity contribution in [2.24, 2.45) is 0 Å². The number of para-hydroxylation sites is 1. The van der Waals surface area contributed by atoms with Crippen molar-refractivity contribution in [3.63, 3.8) is 0 Å². The highest BCUT2D eigenvalue weighted by atomic mass is 32.2. The predicted octanol–water partition coefficient (Wildman–Crippen LogP) is 6.31. The number of aromatic nitrogens is 2. The molecule has 2 aromatic carbocycles. The van der Waals surface area contributed by atoms with Gasteiger partial charge in [0.25, 0.3) is 0 Å². The van der Waals surface area contributed by atoms with E-state index >= 15 is 0 Å². The van der Waals surface area contributed by atoms with Crippen molar-refractivity contribution in [3.05, 3.63) is 77.2 Å². The third-order valence-electron chi connectivity index (χ3n) is 4.05. The molecule has 0 unspecified atom stereocenters. The summed E-state index contributed by atoms with van der Waals surface area (Å²) in [5, 5.41) is 0.612. The van der Waals surface area contributed by atoms with Gasteiger partial charge in [-0.3, -0.25) is 0 Å². The van der Waals surface area contributed by atoms with E-state index in [0.29, 0.717) is 11.0 Å². The second-order valence-corrected chi connectivity index (χ2v) is 8.34. The van der Waals surface area contributed by atoms with Crippen LogP contribution in [0.25, 0.3) is 0 Å². The minimum atomic E-state index is -0.415. The van der Waals surface area contributed by atoms with Gasteiger partial charge in [0.05, 0.1) is 0 Å². The second-order valence-electron chi connectivity index (χ2n) is 7.40. The third-order valence-corrected chi connectivity index (χ3v) is 4.97. The summed E-state index contributed by atoms with van der Waals surface area (Å²) in [4.78, 5) is 8.85. The van der Waals surface area contributed by atoms with E-state index in [2.05, 4.69) is 55.0 Å². The minimum absolute atomic E-state index is 0.143. The summed E-state index contributed by atoms with van der Waals surface area (Å²) in [7, 11) is 0. The monoisotopic (exact) mass is 382 g/mol. The van der Waals surface area contributed by atoms with E-state index in [4.69, 9.17) is 4.74 Å². The molecule has 0 N–H and O–H groups in total. The largest absolute Gasteiger partial charge is 0.436 e. The van der Waals surface area contributed by atoms with Crippen molar-refractivity contribution >= 4 is 11.8 Å². The number of aryl methyl sites for hydroxylation is 1. The molecule has 0 fully saturated rings. The van der Waals surface area contributed by atoms with Crippen LogP contribution < -0.4 is 4.74 Å². The molecule has 3 aromatic rings. The van der Waals surface area contributed by atoms with E-state index in [1.165, 1.54) is 29.0 Å². The first kappa shape index (κ1) is 19.4. The number of nitrogens with zero attached hydrogens (tertiary/aromatic N) is 2. The molecule has 0 aliphatic heterocycles. The van der Waals surface area contributed by atoms with Gasteiger partial charge in [0.1, 0.15) is 0 Å². The lowest BCUT2D eigenvalue weighted by atomic mass is 9.87. The Balaban J connectivity index is 1.70. The van der Waals surface area contributed by atoms with Crippen LogP contribution in [-0.4, -0.2) is 9.97 Å². The summed E-state index contributed by atoms with van der Waals surface area (Å²) in [6.45, 7) is 8.48. The summed E-state index contributed by atoms with van der Waals surface area (Å²) in [5.74, 6) is 0.844. The molecule has 0 saturated carbocycles. The van der Waals surface area contributed by atoms with Crippen LogP contribution >= 0.6 is 11.8 Å². The molecule has 0 saturated heterocycles. The fraction of sp³-hybridized carbons (Fsp3) is 0.273. The Labute approximate surface area is 164 Å². The van der Waals surface area contributed by atoms with E-state index in [0.717, 1.165) is 11.4 Å². The van der Waals surface area contributed by atoms with E-state index in [-0.39, 0.29) is 11.2 Å². The third kappa shape index (κ3) is 5.30. The first-order valence-corrected chi connectivity index (χ1v) is 9.80. The van der Waals surface area contributed by atoms with Gasteiger partial charge in [-0.2, -0.15) is 4.98 Å². The first-order valence-electron chi connectivity index (χ1n) is 8.81. The van der Waals surface area contributed by atoms with Crippen LogP contribution in [0.3, 0.4) is 0 Å².